The van der Waals surface area contributed by atoms with Gasteiger partial charge in [-0.1, -0.05) is 54.6 Å². The molecule has 4 rings (SSSR count). The van der Waals surface area contributed by atoms with Crippen molar-refractivity contribution in [3.05, 3.63) is 77.9 Å². The maximum absolute atomic E-state index is 12.3. The number of anilines is 1. The number of fused-ring (bicyclic) bond motifs is 1. The summed E-state index contributed by atoms with van der Waals surface area (Å²) in [4.78, 5) is 11.6. The quantitative estimate of drug-likeness (QED) is 0.788. The van der Waals surface area contributed by atoms with E-state index in [1.54, 1.807) is 0 Å². The van der Waals surface area contributed by atoms with Crippen molar-refractivity contribution < 1.29 is 13.2 Å². The molecule has 1 aliphatic heterocycles. The number of nitrogens with zero attached hydrogens (tertiary/aromatic N) is 1. The first-order valence-corrected chi connectivity index (χ1v) is 9.36. The SMILES string of the molecule is O=C1CN(c2cc3ccccc3cc2Cc2ccccc2)S(=O)(=O)N1. The van der Waals surface area contributed by atoms with Crippen LogP contribution in [-0.2, 0) is 21.4 Å². The second-order valence-electron chi connectivity index (χ2n) is 6.03. The van der Waals surface area contributed by atoms with Crippen molar-refractivity contribution >= 4 is 32.6 Å². The molecule has 1 aliphatic rings. The first kappa shape index (κ1) is 15.7. The topological polar surface area (TPSA) is 66.5 Å². The second kappa shape index (κ2) is 5.89. The highest BCUT2D eigenvalue weighted by Crippen LogP contribution is 2.31. The minimum atomic E-state index is -3.84. The van der Waals surface area contributed by atoms with Gasteiger partial charge >= 0.3 is 10.2 Å². The summed E-state index contributed by atoms with van der Waals surface area (Å²) in [6.07, 6.45) is 0.585. The minimum Gasteiger partial charge on any atom is -0.272 e. The summed E-state index contributed by atoms with van der Waals surface area (Å²) in [5.41, 5.74) is 2.49. The molecule has 0 unspecified atom stereocenters. The van der Waals surface area contributed by atoms with Gasteiger partial charge in [-0.3, -0.25) is 4.79 Å². The smallest absolute Gasteiger partial charge is 0.272 e. The molecule has 0 saturated carbocycles. The van der Waals surface area contributed by atoms with Gasteiger partial charge in [0.1, 0.15) is 6.54 Å². The number of amides is 1. The average Bonchev–Trinajstić information content (AvgIpc) is 2.87. The van der Waals surface area contributed by atoms with Gasteiger partial charge in [0.25, 0.3) is 5.91 Å². The Balaban J connectivity index is 1.89. The second-order valence-corrected chi connectivity index (χ2v) is 7.62. The van der Waals surface area contributed by atoms with Gasteiger partial charge in [0.05, 0.1) is 5.69 Å². The lowest BCUT2D eigenvalue weighted by Gasteiger charge is -2.20. The summed E-state index contributed by atoms with van der Waals surface area (Å²) in [6, 6.07) is 21.5. The molecule has 0 aliphatic carbocycles. The third-order valence-electron chi connectivity index (χ3n) is 4.27. The Morgan fingerprint density at radius 2 is 1.56 bits per heavy atom. The van der Waals surface area contributed by atoms with Crippen LogP contribution in [0.15, 0.2) is 66.7 Å². The van der Waals surface area contributed by atoms with E-state index in [1.165, 1.54) is 0 Å². The zero-order chi connectivity index (χ0) is 17.4. The van der Waals surface area contributed by atoms with Gasteiger partial charge in [0.15, 0.2) is 0 Å². The fourth-order valence-corrected chi connectivity index (χ4v) is 4.30. The molecule has 3 aromatic carbocycles. The number of carbonyl (C=O) groups excluding carboxylic acids is 1. The Morgan fingerprint density at radius 1 is 0.920 bits per heavy atom. The summed E-state index contributed by atoms with van der Waals surface area (Å²) < 4.78 is 27.8. The largest absolute Gasteiger partial charge is 0.326 e. The van der Waals surface area contributed by atoms with Gasteiger partial charge in [-0.05, 0) is 40.5 Å². The van der Waals surface area contributed by atoms with Crippen LogP contribution in [0.1, 0.15) is 11.1 Å². The van der Waals surface area contributed by atoms with Crippen LogP contribution in [-0.4, -0.2) is 20.9 Å². The van der Waals surface area contributed by atoms with Gasteiger partial charge in [0.2, 0.25) is 0 Å². The summed E-state index contributed by atoms with van der Waals surface area (Å²) in [6.45, 7) is -0.192. The van der Waals surface area contributed by atoms with Gasteiger partial charge in [-0.2, -0.15) is 8.42 Å². The number of hydrogen-bond acceptors (Lipinski definition) is 3. The molecule has 1 fully saturated rings. The molecule has 3 aromatic rings. The van der Waals surface area contributed by atoms with E-state index in [0.29, 0.717) is 12.1 Å². The highest BCUT2D eigenvalue weighted by atomic mass is 32.2. The molecule has 0 atom stereocenters. The zero-order valence-corrected chi connectivity index (χ0v) is 14.2. The lowest BCUT2D eigenvalue weighted by molar-refractivity contribution is -0.117. The minimum absolute atomic E-state index is 0.192. The van der Waals surface area contributed by atoms with Crippen LogP contribution in [0.3, 0.4) is 0 Å². The fraction of sp³-hybridized carbons (Fsp3) is 0.105. The molecule has 25 heavy (non-hydrogen) atoms. The number of hydrogen-bond donors (Lipinski definition) is 1. The van der Waals surface area contributed by atoms with Crippen molar-refractivity contribution in [1.29, 1.82) is 0 Å². The first-order chi connectivity index (χ1) is 12.0. The normalized spacial score (nSPS) is 16.2. The number of rotatable bonds is 3. The van der Waals surface area contributed by atoms with Crippen LogP contribution in [0.25, 0.3) is 10.8 Å². The van der Waals surface area contributed by atoms with Gasteiger partial charge in [0, 0.05) is 0 Å². The van der Waals surface area contributed by atoms with E-state index in [4.69, 9.17) is 0 Å². The maximum Gasteiger partial charge on any atom is 0.326 e. The van der Waals surface area contributed by atoms with E-state index < -0.39 is 16.1 Å². The molecule has 1 saturated heterocycles. The summed E-state index contributed by atoms with van der Waals surface area (Å²) in [5, 5.41) is 1.97. The number of carbonyl (C=O) groups is 1. The molecule has 1 amide bonds. The van der Waals surface area contributed by atoms with Gasteiger partial charge in [-0.15, -0.1) is 0 Å². The van der Waals surface area contributed by atoms with E-state index in [-0.39, 0.29) is 6.54 Å². The fourth-order valence-electron chi connectivity index (χ4n) is 3.13. The Labute approximate surface area is 146 Å². The van der Waals surface area contributed by atoms with Crippen LogP contribution in [0.4, 0.5) is 5.69 Å². The predicted octanol–water partition coefficient (Wildman–Crippen LogP) is 2.61. The lowest BCUT2D eigenvalue weighted by Crippen LogP contribution is -2.30. The Hall–Kier alpha value is -2.86. The van der Waals surface area contributed by atoms with E-state index in [2.05, 4.69) is 0 Å². The lowest BCUT2D eigenvalue weighted by atomic mass is 9.99. The molecule has 0 spiro atoms. The highest BCUT2D eigenvalue weighted by molar-refractivity contribution is 7.92. The van der Waals surface area contributed by atoms with Crippen LogP contribution in [0.5, 0.6) is 0 Å². The molecule has 0 aromatic heterocycles. The Bertz CT molecular complexity index is 1060. The molecule has 0 bridgehead atoms. The third kappa shape index (κ3) is 2.96. The van der Waals surface area contributed by atoms with Crippen LogP contribution in [0, 0.1) is 0 Å². The van der Waals surface area contributed by atoms with E-state index in [0.717, 1.165) is 26.2 Å². The summed E-state index contributed by atoms with van der Waals surface area (Å²) in [5.74, 6) is -0.515. The Kier molecular flexibility index (Phi) is 3.69. The van der Waals surface area contributed by atoms with Crippen molar-refractivity contribution in [2.24, 2.45) is 0 Å². The predicted molar refractivity (Wildman–Crippen MR) is 97.6 cm³/mol. The van der Waals surface area contributed by atoms with Crippen molar-refractivity contribution in [3.63, 3.8) is 0 Å². The van der Waals surface area contributed by atoms with Crippen LogP contribution < -0.4 is 9.03 Å². The zero-order valence-electron chi connectivity index (χ0n) is 13.3. The molecular weight excluding hydrogens is 336 g/mol. The van der Waals surface area contributed by atoms with Crippen LogP contribution in [0.2, 0.25) is 0 Å². The van der Waals surface area contributed by atoms with E-state index in [1.807, 2.05) is 71.5 Å². The van der Waals surface area contributed by atoms with Crippen molar-refractivity contribution in [2.75, 3.05) is 10.8 Å². The molecule has 5 nitrogen and oxygen atoms in total. The highest BCUT2D eigenvalue weighted by Gasteiger charge is 2.35. The summed E-state index contributed by atoms with van der Waals surface area (Å²) in [7, 11) is -3.84. The van der Waals surface area contributed by atoms with E-state index in [9.17, 15) is 13.2 Å². The van der Waals surface area contributed by atoms with Crippen molar-refractivity contribution in [3.8, 4) is 0 Å². The van der Waals surface area contributed by atoms with Crippen molar-refractivity contribution in [1.82, 2.24) is 4.72 Å². The third-order valence-corrected chi connectivity index (χ3v) is 5.66. The molecular formula is C19H16N2O3S. The van der Waals surface area contributed by atoms with Crippen molar-refractivity contribution in [2.45, 2.75) is 6.42 Å². The molecule has 1 heterocycles. The van der Waals surface area contributed by atoms with E-state index >= 15 is 0 Å². The van der Waals surface area contributed by atoms with Gasteiger partial charge in [-0.25, -0.2) is 9.03 Å². The standard InChI is InChI=1S/C19H16N2O3S/c22-19-13-21(25(23,24)20-19)18-12-16-9-5-4-8-15(16)11-17(18)10-14-6-2-1-3-7-14/h1-9,11-12H,10,13H2,(H,20,22). The molecule has 6 heteroatoms. The average molecular weight is 352 g/mol. The number of nitrogens with one attached hydrogen (secondary N) is 1. The summed E-state index contributed by atoms with van der Waals surface area (Å²) >= 11 is 0. The van der Waals surface area contributed by atoms with Crippen LogP contribution >= 0.6 is 0 Å². The first-order valence-electron chi connectivity index (χ1n) is 7.92. The maximum atomic E-state index is 12.3. The Morgan fingerprint density at radius 3 is 2.20 bits per heavy atom. The molecule has 126 valence electrons. The molecule has 1 N–H and O–H groups in total. The number of benzene rings is 3. The van der Waals surface area contributed by atoms with Gasteiger partial charge < -0.3 is 0 Å². The monoisotopic (exact) mass is 352 g/mol. The molecule has 0 radical (unpaired) electrons.